The van der Waals surface area contributed by atoms with Crippen molar-refractivity contribution in [2.75, 3.05) is 17.2 Å². The zero-order chi connectivity index (χ0) is 19.2. The maximum atomic E-state index is 12.5. The van der Waals surface area contributed by atoms with Crippen molar-refractivity contribution < 1.29 is 14.3 Å². The molecule has 144 valence electrons. The maximum Gasteiger partial charge on any atom is 0.267 e. The van der Waals surface area contributed by atoms with E-state index in [2.05, 4.69) is 22.5 Å². The Bertz CT molecular complexity index is 795. The van der Waals surface area contributed by atoms with Crippen LogP contribution in [0.1, 0.15) is 53.0 Å². The van der Waals surface area contributed by atoms with Crippen LogP contribution < -0.4 is 10.6 Å². The van der Waals surface area contributed by atoms with E-state index in [-0.39, 0.29) is 17.9 Å². The number of aromatic nitrogens is 1. The predicted octanol–water partition coefficient (Wildman–Crippen LogP) is 4.16. The monoisotopic (exact) mass is 387 g/mol. The summed E-state index contributed by atoms with van der Waals surface area (Å²) in [7, 11) is 0. The van der Waals surface area contributed by atoms with Crippen LogP contribution in [0.15, 0.2) is 24.3 Å². The Morgan fingerprint density at radius 3 is 2.56 bits per heavy atom. The van der Waals surface area contributed by atoms with Gasteiger partial charge < -0.3 is 15.4 Å². The van der Waals surface area contributed by atoms with E-state index < -0.39 is 0 Å². The molecular formula is C20H25N3O3S. The molecule has 0 aliphatic carbocycles. The van der Waals surface area contributed by atoms with E-state index in [4.69, 9.17) is 4.74 Å². The highest BCUT2D eigenvalue weighted by Gasteiger charge is 2.23. The maximum absolute atomic E-state index is 12.5. The first-order valence-corrected chi connectivity index (χ1v) is 10.2. The van der Waals surface area contributed by atoms with Gasteiger partial charge in [0.2, 0.25) is 0 Å². The molecule has 2 N–H and O–H groups in total. The summed E-state index contributed by atoms with van der Waals surface area (Å²) in [5.74, 6) is -0.270. The number of benzene rings is 1. The van der Waals surface area contributed by atoms with Crippen molar-refractivity contribution >= 4 is 34.5 Å². The minimum atomic E-state index is -0.361. The van der Waals surface area contributed by atoms with Crippen molar-refractivity contribution in [3.05, 3.63) is 39.8 Å². The summed E-state index contributed by atoms with van der Waals surface area (Å²) in [4.78, 5) is 29.7. The van der Waals surface area contributed by atoms with Crippen molar-refractivity contribution in [2.24, 2.45) is 0 Å². The van der Waals surface area contributed by atoms with Gasteiger partial charge in [-0.25, -0.2) is 4.98 Å². The van der Waals surface area contributed by atoms with Gasteiger partial charge in [-0.2, -0.15) is 0 Å². The van der Waals surface area contributed by atoms with Gasteiger partial charge in [-0.05, 0) is 56.9 Å². The molecular weight excluding hydrogens is 362 g/mol. The average Bonchev–Trinajstić information content (AvgIpc) is 3.31. The SMILES string of the molecule is CCCCc1nc(C)c(C(=O)Nc2ccc(NC(=O)C3CCCO3)cc2)s1. The minimum absolute atomic E-state index is 0.121. The van der Waals surface area contributed by atoms with Crippen LogP contribution in [0.5, 0.6) is 0 Å². The number of aryl methyl sites for hydroxylation is 2. The van der Waals surface area contributed by atoms with Crippen LogP contribution in [0.25, 0.3) is 0 Å². The van der Waals surface area contributed by atoms with E-state index >= 15 is 0 Å². The van der Waals surface area contributed by atoms with Crippen LogP contribution in [0.2, 0.25) is 0 Å². The number of unbranched alkanes of at least 4 members (excludes halogenated alkanes) is 1. The molecule has 1 aromatic carbocycles. The number of ether oxygens (including phenoxy) is 1. The first kappa shape index (κ1) is 19.5. The summed E-state index contributed by atoms with van der Waals surface area (Å²) in [6, 6.07) is 7.10. The van der Waals surface area contributed by atoms with Gasteiger partial charge in [-0.1, -0.05) is 13.3 Å². The van der Waals surface area contributed by atoms with Crippen molar-refractivity contribution in [2.45, 2.75) is 52.1 Å². The highest BCUT2D eigenvalue weighted by atomic mass is 32.1. The molecule has 1 aromatic heterocycles. The van der Waals surface area contributed by atoms with Crippen molar-refractivity contribution in [3.63, 3.8) is 0 Å². The van der Waals surface area contributed by atoms with E-state index in [0.717, 1.165) is 42.8 Å². The van der Waals surface area contributed by atoms with Gasteiger partial charge in [-0.15, -0.1) is 11.3 Å². The number of nitrogens with one attached hydrogen (secondary N) is 2. The summed E-state index contributed by atoms with van der Waals surface area (Å²) in [6.07, 6.45) is 4.41. The molecule has 0 saturated carbocycles. The molecule has 2 aromatic rings. The first-order chi connectivity index (χ1) is 13.1. The number of anilines is 2. The van der Waals surface area contributed by atoms with Crippen LogP contribution in [0.3, 0.4) is 0 Å². The highest BCUT2D eigenvalue weighted by molar-refractivity contribution is 7.13. The number of rotatable bonds is 7. The van der Waals surface area contributed by atoms with Crippen LogP contribution in [-0.2, 0) is 16.0 Å². The van der Waals surface area contributed by atoms with Gasteiger partial charge in [0.05, 0.1) is 10.7 Å². The van der Waals surface area contributed by atoms with Crippen molar-refractivity contribution in [1.82, 2.24) is 4.98 Å². The zero-order valence-electron chi connectivity index (χ0n) is 15.7. The second-order valence-corrected chi connectivity index (χ2v) is 7.73. The fourth-order valence-corrected chi connectivity index (χ4v) is 3.93. The third-order valence-corrected chi connectivity index (χ3v) is 5.64. The number of nitrogens with zero attached hydrogens (tertiary/aromatic N) is 1. The standard InChI is InChI=1S/C20H25N3O3S/c1-3-4-7-17-21-13(2)18(27-17)20(25)23-15-10-8-14(9-11-15)22-19(24)16-6-5-12-26-16/h8-11,16H,3-7,12H2,1-2H3,(H,22,24)(H,23,25). The second kappa shape index (κ2) is 9.10. The van der Waals surface area contributed by atoms with Crippen LogP contribution in [-0.4, -0.2) is 29.5 Å². The van der Waals surface area contributed by atoms with Gasteiger partial charge in [0.1, 0.15) is 11.0 Å². The topological polar surface area (TPSA) is 80.3 Å². The molecule has 1 aliphatic heterocycles. The van der Waals surface area contributed by atoms with E-state index in [0.29, 0.717) is 22.9 Å². The quantitative estimate of drug-likeness (QED) is 0.747. The molecule has 1 saturated heterocycles. The fourth-order valence-electron chi connectivity index (χ4n) is 2.93. The Balaban J connectivity index is 1.58. The third kappa shape index (κ3) is 5.14. The zero-order valence-corrected chi connectivity index (χ0v) is 16.5. The first-order valence-electron chi connectivity index (χ1n) is 9.37. The van der Waals surface area contributed by atoms with Gasteiger partial charge in [0, 0.05) is 18.0 Å². The molecule has 7 heteroatoms. The smallest absolute Gasteiger partial charge is 0.267 e. The Labute approximate surface area is 163 Å². The summed E-state index contributed by atoms with van der Waals surface area (Å²) < 4.78 is 5.38. The van der Waals surface area contributed by atoms with E-state index in [1.807, 2.05) is 6.92 Å². The molecule has 2 heterocycles. The lowest BCUT2D eigenvalue weighted by atomic mass is 10.2. The number of carbonyl (C=O) groups is 2. The molecule has 0 radical (unpaired) electrons. The number of hydrogen-bond acceptors (Lipinski definition) is 5. The van der Waals surface area contributed by atoms with Crippen LogP contribution >= 0.6 is 11.3 Å². The summed E-state index contributed by atoms with van der Waals surface area (Å²) >= 11 is 1.46. The molecule has 1 unspecified atom stereocenters. The fraction of sp³-hybridized carbons (Fsp3) is 0.450. The van der Waals surface area contributed by atoms with Crippen molar-refractivity contribution in [3.8, 4) is 0 Å². The van der Waals surface area contributed by atoms with E-state index in [9.17, 15) is 9.59 Å². The molecule has 0 bridgehead atoms. The minimum Gasteiger partial charge on any atom is -0.368 e. The largest absolute Gasteiger partial charge is 0.368 e. The molecule has 1 fully saturated rings. The number of hydrogen-bond donors (Lipinski definition) is 2. The molecule has 6 nitrogen and oxygen atoms in total. The molecule has 2 amide bonds. The van der Waals surface area contributed by atoms with Crippen LogP contribution in [0, 0.1) is 6.92 Å². The van der Waals surface area contributed by atoms with Gasteiger partial charge in [-0.3, -0.25) is 9.59 Å². The normalized spacial score (nSPS) is 16.3. The molecule has 27 heavy (non-hydrogen) atoms. The molecule has 1 atom stereocenters. The molecule has 0 spiro atoms. The van der Waals surface area contributed by atoms with E-state index in [1.54, 1.807) is 24.3 Å². The van der Waals surface area contributed by atoms with E-state index in [1.165, 1.54) is 11.3 Å². The summed E-state index contributed by atoms with van der Waals surface area (Å²) in [5.41, 5.74) is 2.13. The Kier molecular flexibility index (Phi) is 6.58. The molecule has 1 aliphatic rings. The Morgan fingerprint density at radius 2 is 1.93 bits per heavy atom. The van der Waals surface area contributed by atoms with Crippen LogP contribution in [0.4, 0.5) is 11.4 Å². The predicted molar refractivity (Wildman–Crippen MR) is 107 cm³/mol. The Morgan fingerprint density at radius 1 is 1.22 bits per heavy atom. The summed E-state index contributed by atoms with van der Waals surface area (Å²) in [6.45, 7) is 4.64. The molecule has 3 rings (SSSR count). The lowest BCUT2D eigenvalue weighted by Crippen LogP contribution is -2.26. The van der Waals surface area contributed by atoms with Crippen molar-refractivity contribution in [1.29, 1.82) is 0 Å². The second-order valence-electron chi connectivity index (χ2n) is 6.65. The summed E-state index contributed by atoms with van der Waals surface area (Å²) in [5, 5.41) is 6.75. The lowest BCUT2D eigenvalue weighted by Gasteiger charge is -2.11. The van der Waals surface area contributed by atoms with Gasteiger partial charge in [0.25, 0.3) is 11.8 Å². The highest BCUT2D eigenvalue weighted by Crippen LogP contribution is 2.22. The Hall–Kier alpha value is -2.25. The third-order valence-electron chi connectivity index (χ3n) is 4.42. The van der Waals surface area contributed by atoms with Gasteiger partial charge >= 0.3 is 0 Å². The average molecular weight is 388 g/mol. The number of thiazole rings is 1. The lowest BCUT2D eigenvalue weighted by molar-refractivity contribution is -0.124. The number of carbonyl (C=O) groups excluding carboxylic acids is 2. The number of amides is 2. The van der Waals surface area contributed by atoms with Gasteiger partial charge in [0.15, 0.2) is 0 Å².